The van der Waals surface area contributed by atoms with Crippen molar-refractivity contribution in [2.24, 2.45) is 7.05 Å². The lowest BCUT2D eigenvalue weighted by Crippen LogP contribution is -2.18. The Morgan fingerprint density at radius 2 is 2.35 bits per heavy atom. The van der Waals surface area contributed by atoms with Crippen molar-refractivity contribution in [3.63, 3.8) is 0 Å². The van der Waals surface area contributed by atoms with Crippen LogP contribution in [0.1, 0.15) is 21.2 Å². The largest absolute Gasteiger partial charge is 0.477 e. The quantitative estimate of drug-likeness (QED) is 0.867. The number of rotatable bonds is 6. The molecule has 2 aromatic rings. The fraction of sp³-hybridized carbons (Fsp3) is 0.417. The van der Waals surface area contributed by atoms with Crippen LogP contribution in [0.5, 0.6) is 0 Å². The first-order valence-electron chi connectivity index (χ1n) is 5.92. The molecule has 0 unspecified atom stereocenters. The van der Waals surface area contributed by atoms with Crippen LogP contribution < -0.4 is 4.90 Å². The Labute approximate surface area is 120 Å². The molecule has 0 amide bonds. The van der Waals surface area contributed by atoms with Crippen LogP contribution in [0.15, 0.2) is 12.4 Å². The molecule has 0 radical (unpaired) electrons. The Morgan fingerprint density at radius 3 is 2.90 bits per heavy atom. The minimum Gasteiger partial charge on any atom is -0.477 e. The van der Waals surface area contributed by atoms with Crippen molar-refractivity contribution in [1.82, 2.24) is 14.5 Å². The van der Waals surface area contributed by atoms with Crippen LogP contribution in [0.2, 0.25) is 0 Å². The third-order valence-corrected chi connectivity index (χ3v) is 3.99. The van der Waals surface area contributed by atoms with Gasteiger partial charge >= 0.3 is 5.97 Å². The van der Waals surface area contributed by atoms with Crippen molar-refractivity contribution < 1.29 is 14.6 Å². The molecule has 8 heteroatoms. The highest BCUT2D eigenvalue weighted by Crippen LogP contribution is 2.27. The van der Waals surface area contributed by atoms with E-state index in [1.165, 1.54) is 7.11 Å². The fourth-order valence-electron chi connectivity index (χ4n) is 1.73. The van der Waals surface area contributed by atoms with Gasteiger partial charge in [0.05, 0.1) is 18.8 Å². The standard InChI is InChI=1S/C12H16N4O3S/c1-15-5-4-13-9(15)6-16(2)12-14-8(7-19-3)10(20-12)11(17)18/h4-5H,6-7H2,1-3H3,(H,17,18). The zero-order valence-corrected chi connectivity index (χ0v) is 12.3. The minimum atomic E-state index is -0.980. The van der Waals surface area contributed by atoms with Gasteiger partial charge in [0, 0.05) is 33.6 Å². The number of anilines is 1. The van der Waals surface area contributed by atoms with Gasteiger partial charge in [-0.1, -0.05) is 11.3 Å². The molecule has 0 bridgehead atoms. The monoisotopic (exact) mass is 296 g/mol. The topological polar surface area (TPSA) is 80.5 Å². The average Bonchev–Trinajstić information content (AvgIpc) is 2.97. The zero-order chi connectivity index (χ0) is 14.7. The zero-order valence-electron chi connectivity index (χ0n) is 11.5. The molecule has 1 N–H and O–H groups in total. The van der Waals surface area contributed by atoms with Crippen LogP contribution in [0, 0.1) is 0 Å². The van der Waals surface area contributed by atoms with Crippen molar-refractivity contribution in [3.05, 3.63) is 28.8 Å². The molecule has 0 saturated heterocycles. The second kappa shape index (κ2) is 6.02. The van der Waals surface area contributed by atoms with Crippen molar-refractivity contribution >= 4 is 22.4 Å². The lowest BCUT2D eigenvalue weighted by atomic mass is 10.4. The summed E-state index contributed by atoms with van der Waals surface area (Å²) in [5.74, 6) is -0.0981. The highest BCUT2D eigenvalue weighted by atomic mass is 32.1. The lowest BCUT2D eigenvalue weighted by Gasteiger charge is -2.15. The molecule has 0 spiro atoms. The Morgan fingerprint density at radius 1 is 1.60 bits per heavy atom. The summed E-state index contributed by atoms with van der Waals surface area (Å²) in [7, 11) is 5.29. The number of aromatic carboxylic acids is 1. The van der Waals surface area contributed by atoms with Gasteiger partial charge in [0.15, 0.2) is 5.13 Å². The molecule has 0 aliphatic rings. The molecule has 0 saturated carbocycles. The van der Waals surface area contributed by atoms with E-state index in [0.717, 1.165) is 17.2 Å². The number of ether oxygens (including phenoxy) is 1. The number of carboxylic acids is 1. The third kappa shape index (κ3) is 2.97. The number of carbonyl (C=O) groups is 1. The van der Waals surface area contributed by atoms with E-state index in [-0.39, 0.29) is 11.5 Å². The molecule has 2 rings (SSSR count). The molecular weight excluding hydrogens is 280 g/mol. The van der Waals surface area contributed by atoms with Crippen LogP contribution in [0.25, 0.3) is 0 Å². The molecule has 7 nitrogen and oxygen atoms in total. The number of aromatic nitrogens is 3. The van der Waals surface area contributed by atoms with Gasteiger partial charge in [-0.15, -0.1) is 0 Å². The summed E-state index contributed by atoms with van der Waals surface area (Å²) >= 11 is 1.14. The summed E-state index contributed by atoms with van der Waals surface area (Å²) in [6, 6.07) is 0. The van der Waals surface area contributed by atoms with Crippen molar-refractivity contribution in [1.29, 1.82) is 0 Å². The SMILES string of the molecule is COCc1nc(N(C)Cc2nccn2C)sc1C(=O)O. The molecular formula is C12H16N4O3S. The van der Waals surface area contributed by atoms with Gasteiger partial charge in [-0.2, -0.15) is 0 Å². The number of imidazole rings is 1. The fourth-order valence-corrected chi connectivity index (χ4v) is 2.60. The van der Waals surface area contributed by atoms with E-state index in [9.17, 15) is 4.79 Å². The Hall–Kier alpha value is -1.93. The summed E-state index contributed by atoms with van der Waals surface area (Å²) in [5.41, 5.74) is 0.451. The number of hydrogen-bond donors (Lipinski definition) is 1. The van der Waals surface area contributed by atoms with E-state index in [4.69, 9.17) is 9.84 Å². The van der Waals surface area contributed by atoms with E-state index in [0.29, 0.717) is 17.4 Å². The Kier molecular flexibility index (Phi) is 4.35. The maximum atomic E-state index is 11.2. The van der Waals surface area contributed by atoms with Crippen LogP contribution in [0.3, 0.4) is 0 Å². The van der Waals surface area contributed by atoms with Gasteiger partial charge in [0.25, 0.3) is 0 Å². The number of methoxy groups -OCH3 is 1. The van der Waals surface area contributed by atoms with Crippen LogP contribution in [-0.2, 0) is 24.9 Å². The Bertz CT molecular complexity index is 608. The number of thiazole rings is 1. The summed E-state index contributed by atoms with van der Waals surface area (Å²) in [5, 5.41) is 9.80. The van der Waals surface area contributed by atoms with Gasteiger partial charge in [-0.25, -0.2) is 14.8 Å². The van der Waals surface area contributed by atoms with Crippen molar-refractivity contribution in [2.45, 2.75) is 13.2 Å². The van der Waals surface area contributed by atoms with Gasteiger partial charge in [-0.05, 0) is 0 Å². The molecule has 0 atom stereocenters. The minimum absolute atomic E-state index is 0.189. The van der Waals surface area contributed by atoms with Crippen LogP contribution in [-0.4, -0.2) is 39.8 Å². The van der Waals surface area contributed by atoms with Crippen molar-refractivity contribution in [3.8, 4) is 0 Å². The highest BCUT2D eigenvalue weighted by molar-refractivity contribution is 7.17. The van der Waals surface area contributed by atoms with Gasteiger partial charge in [-0.3, -0.25) is 0 Å². The first-order valence-corrected chi connectivity index (χ1v) is 6.73. The Balaban J connectivity index is 2.21. The molecule has 108 valence electrons. The second-order valence-electron chi connectivity index (χ2n) is 4.32. The number of hydrogen-bond acceptors (Lipinski definition) is 6. The summed E-state index contributed by atoms with van der Waals surface area (Å²) in [6.07, 6.45) is 3.59. The number of nitrogens with zero attached hydrogens (tertiary/aromatic N) is 4. The molecule has 0 aromatic carbocycles. The molecule has 2 heterocycles. The summed E-state index contributed by atoms with van der Waals surface area (Å²) in [6.45, 7) is 0.747. The summed E-state index contributed by atoms with van der Waals surface area (Å²) < 4.78 is 6.90. The average molecular weight is 296 g/mol. The molecule has 0 aliphatic carbocycles. The van der Waals surface area contributed by atoms with E-state index in [2.05, 4.69) is 9.97 Å². The molecule has 0 fully saturated rings. The number of aryl methyl sites for hydroxylation is 1. The van der Waals surface area contributed by atoms with Crippen LogP contribution in [0.4, 0.5) is 5.13 Å². The highest BCUT2D eigenvalue weighted by Gasteiger charge is 2.19. The third-order valence-electron chi connectivity index (χ3n) is 2.79. The van der Waals surface area contributed by atoms with Gasteiger partial charge in [0.2, 0.25) is 0 Å². The molecule has 0 aliphatic heterocycles. The van der Waals surface area contributed by atoms with Crippen LogP contribution >= 0.6 is 11.3 Å². The van der Waals surface area contributed by atoms with Crippen molar-refractivity contribution in [2.75, 3.05) is 19.1 Å². The van der Waals surface area contributed by atoms with Gasteiger partial charge in [0.1, 0.15) is 10.7 Å². The van der Waals surface area contributed by atoms with E-state index in [1.807, 2.05) is 29.8 Å². The van der Waals surface area contributed by atoms with E-state index < -0.39 is 5.97 Å². The van der Waals surface area contributed by atoms with E-state index >= 15 is 0 Å². The first-order chi connectivity index (χ1) is 9.52. The van der Waals surface area contributed by atoms with Gasteiger partial charge < -0.3 is 19.3 Å². The second-order valence-corrected chi connectivity index (χ2v) is 5.30. The molecule has 2 aromatic heterocycles. The maximum absolute atomic E-state index is 11.2. The predicted octanol–water partition coefficient (Wildman–Crippen LogP) is 1.36. The lowest BCUT2D eigenvalue weighted by molar-refractivity contribution is 0.0697. The first kappa shape index (κ1) is 14.5. The normalized spacial score (nSPS) is 10.8. The smallest absolute Gasteiger partial charge is 0.347 e. The van der Waals surface area contributed by atoms with E-state index in [1.54, 1.807) is 6.20 Å². The number of carboxylic acid groups (broad SMARTS) is 1. The molecule has 20 heavy (non-hydrogen) atoms. The summed E-state index contributed by atoms with van der Waals surface area (Å²) in [4.78, 5) is 21.8. The maximum Gasteiger partial charge on any atom is 0.347 e. The predicted molar refractivity (Wildman–Crippen MR) is 75.1 cm³/mol.